The van der Waals surface area contributed by atoms with E-state index in [4.69, 9.17) is 16.9 Å². The summed E-state index contributed by atoms with van der Waals surface area (Å²) in [5.74, 6) is 0.642. The van der Waals surface area contributed by atoms with Gasteiger partial charge in [0.05, 0.1) is 6.07 Å². The lowest BCUT2D eigenvalue weighted by Gasteiger charge is -2.31. The van der Waals surface area contributed by atoms with Crippen LogP contribution in [0.25, 0.3) is 0 Å². The number of halogens is 1. The van der Waals surface area contributed by atoms with Crippen LogP contribution in [0.2, 0.25) is 0 Å². The first-order valence-corrected chi connectivity index (χ1v) is 6.16. The van der Waals surface area contributed by atoms with Gasteiger partial charge in [0, 0.05) is 16.0 Å². The zero-order chi connectivity index (χ0) is 11.5. The van der Waals surface area contributed by atoms with Gasteiger partial charge >= 0.3 is 0 Å². The molecule has 1 aliphatic carbocycles. The van der Waals surface area contributed by atoms with Crippen LogP contribution in [-0.2, 0) is 0 Å². The number of nitriles is 1. The van der Waals surface area contributed by atoms with E-state index in [1.807, 2.05) is 6.92 Å². The number of hydrogen-bond acceptors (Lipinski definition) is 1. The van der Waals surface area contributed by atoms with Gasteiger partial charge in [0.15, 0.2) is 0 Å². The molecule has 0 aromatic rings. The molecule has 0 N–H and O–H groups in total. The molecular weight excluding hydrogens is 206 g/mol. The lowest BCUT2D eigenvalue weighted by Crippen LogP contribution is -2.20. The Bertz CT molecular complexity index is 290. The average molecular weight is 226 g/mol. The third kappa shape index (κ3) is 2.75. The minimum atomic E-state index is 0.121. The molecule has 1 saturated carbocycles. The first-order valence-electron chi connectivity index (χ1n) is 5.79. The molecule has 0 amide bonds. The smallest absolute Gasteiger partial charge is 0.0956 e. The van der Waals surface area contributed by atoms with Crippen molar-refractivity contribution >= 4 is 11.6 Å². The molecule has 0 aromatic heterocycles. The van der Waals surface area contributed by atoms with Crippen LogP contribution in [0.5, 0.6) is 0 Å². The van der Waals surface area contributed by atoms with E-state index in [0.717, 1.165) is 24.3 Å². The van der Waals surface area contributed by atoms with Gasteiger partial charge in [-0.3, -0.25) is 0 Å². The summed E-state index contributed by atoms with van der Waals surface area (Å²) in [5.41, 5.74) is 0.828. The predicted molar refractivity (Wildman–Crippen MR) is 64.5 cm³/mol. The molecule has 0 unspecified atom stereocenters. The van der Waals surface area contributed by atoms with Crippen molar-refractivity contribution in [1.29, 1.82) is 5.26 Å². The van der Waals surface area contributed by atoms with Gasteiger partial charge in [0.2, 0.25) is 0 Å². The summed E-state index contributed by atoms with van der Waals surface area (Å²) in [6.07, 6.45) is 5.93. The molecule has 0 heterocycles. The van der Waals surface area contributed by atoms with Crippen LogP contribution in [0.15, 0.2) is 10.6 Å². The highest BCUT2D eigenvalue weighted by atomic mass is 35.5. The topological polar surface area (TPSA) is 23.8 Å². The van der Waals surface area contributed by atoms with Gasteiger partial charge < -0.3 is 0 Å². The van der Waals surface area contributed by atoms with Crippen LogP contribution in [0.4, 0.5) is 0 Å². The van der Waals surface area contributed by atoms with Crippen molar-refractivity contribution in [2.24, 2.45) is 11.3 Å². The van der Waals surface area contributed by atoms with Crippen LogP contribution < -0.4 is 0 Å². The van der Waals surface area contributed by atoms with Crippen LogP contribution in [-0.4, -0.2) is 0 Å². The average Bonchev–Trinajstić information content (AvgIpc) is 2.64. The molecule has 1 fully saturated rings. The van der Waals surface area contributed by atoms with E-state index >= 15 is 0 Å². The van der Waals surface area contributed by atoms with Crippen LogP contribution in [0.3, 0.4) is 0 Å². The van der Waals surface area contributed by atoms with Crippen molar-refractivity contribution in [3.8, 4) is 6.07 Å². The van der Waals surface area contributed by atoms with Gasteiger partial charge in [0.25, 0.3) is 0 Å². The highest BCUT2D eigenvalue weighted by Gasteiger charge is 2.38. The normalized spacial score (nSPS) is 21.3. The number of nitrogens with zero attached hydrogens (tertiary/aromatic N) is 1. The molecule has 0 bridgehead atoms. The molecule has 84 valence electrons. The Morgan fingerprint density at radius 2 is 1.93 bits per heavy atom. The van der Waals surface area contributed by atoms with Gasteiger partial charge in [-0.1, -0.05) is 38.3 Å². The predicted octanol–water partition coefficient (Wildman–Crippen LogP) is 4.63. The van der Waals surface area contributed by atoms with Crippen LogP contribution >= 0.6 is 11.6 Å². The minimum absolute atomic E-state index is 0.121. The van der Waals surface area contributed by atoms with Gasteiger partial charge in [-0.05, 0) is 32.1 Å². The summed E-state index contributed by atoms with van der Waals surface area (Å²) in [7, 11) is 0. The Morgan fingerprint density at radius 3 is 2.33 bits per heavy atom. The van der Waals surface area contributed by atoms with Crippen LogP contribution in [0.1, 0.15) is 52.9 Å². The van der Waals surface area contributed by atoms with Crippen LogP contribution in [0, 0.1) is 22.7 Å². The second-order valence-corrected chi connectivity index (χ2v) is 5.51. The largest absolute Gasteiger partial charge is 0.193 e. The van der Waals surface area contributed by atoms with Crippen molar-refractivity contribution in [3.05, 3.63) is 10.6 Å². The summed E-state index contributed by atoms with van der Waals surface area (Å²) < 4.78 is 0. The van der Waals surface area contributed by atoms with Gasteiger partial charge in [-0.15, -0.1) is 0 Å². The van der Waals surface area contributed by atoms with E-state index < -0.39 is 0 Å². The third-order valence-electron chi connectivity index (χ3n) is 3.32. The molecule has 0 saturated heterocycles. The van der Waals surface area contributed by atoms with E-state index in [0.29, 0.717) is 11.5 Å². The van der Waals surface area contributed by atoms with Gasteiger partial charge in [-0.2, -0.15) is 5.26 Å². The molecule has 2 heteroatoms. The Hall–Kier alpha value is -0.480. The maximum atomic E-state index is 8.92. The van der Waals surface area contributed by atoms with Crippen molar-refractivity contribution < 1.29 is 0 Å². The lowest BCUT2D eigenvalue weighted by molar-refractivity contribution is 0.302. The quantitative estimate of drug-likeness (QED) is 0.643. The van der Waals surface area contributed by atoms with Crippen molar-refractivity contribution in [2.75, 3.05) is 0 Å². The van der Waals surface area contributed by atoms with E-state index in [2.05, 4.69) is 19.9 Å². The van der Waals surface area contributed by atoms with Crippen molar-refractivity contribution in [3.63, 3.8) is 0 Å². The third-order valence-corrected chi connectivity index (χ3v) is 4.01. The van der Waals surface area contributed by atoms with E-state index in [-0.39, 0.29) is 5.41 Å². The molecule has 0 atom stereocenters. The summed E-state index contributed by atoms with van der Waals surface area (Å²) in [6, 6.07) is 2.19. The Balaban J connectivity index is 2.97. The SMILES string of the molecule is CC(C#N)=C(Cl)C1(CC(C)C)CCCC1. The first-order chi connectivity index (χ1) is 7.02. The maximum absolute atomic E-state index is 8.92. The molecule has 1 aliphatic rings. The number of hydrogen-bond donors (Lipinski definition) is 0. The summed E-state index contributed by atoms with van der Waals surface area (Å²) >= 11 is 6.40. The minimum Gasteiger partial charge on any atom is -0.193 e. The second-order valence-electron chi connectivity index (χ2n) is 5.14. The highest BCUT2D eigenvalue weighted by molar-refractivity contribution is 6.30. The van der Waals surface area contributed by atoms with Crippen molar-refractivity contribution in [2.45, 2.75) is 52.9 Å². The fourth-order valence-corrected chi connectivity index (χ4v) is 3.10. The van der Waals surface area contributed by atoms with E-state index in [1.54, 1.807) is 0 Å². The number of allylic oxidation sites excluding steroid dienone is 2. The standard InChI is InChI=1S/C13H20ClN/c1-10(2)8-13(6-4-5-7-13)12(14)11(3)9-15/h10H,4-8H2,1-3H3. The summed E-state index contributed by atoms with van der Waals surface area (Å²) in [6.45, 7) is 6.29. The molecule has 0 aromatic carbocycles. The molecule has 15 heavy (non-hydrogen) atoms. The summed E-state index contributed by atoms with van der Waals surface area (Å²) in [4.78, 5) is 0. The van der Waals surface area contributed by atoms with Gasteiger partial charge in [-0.25, -0.2) is 0 Å². The monoisotopic (exact) mass is 225 g/mol. The molecule has 1 rings (SSSR count). The van der Waals surface area contributed by atoms with Crippen molar-refractivity contribution in [1.82, 2.24) is 0 Å². The molecule has 0 radical (unpaired) electrons. The Kier molecular flexibility index (Phi) is 4.22. The molecule has 0 aliphatic heterocycles. The van der Waals surface area contributed by atoms with E-state index in [1.165, 1.54) is 12.8 Å². The van der Waals surface area contributed by atoms with Gasteiger partial charge in [0.1, 0.15) is 0 Å². The summed E-state index contributed by atoms with van der Waals surface area (Å²) in [5, 5.41) is 9.75. The lowest BCUT2D eigenvalue weighted by atomic mass is 9.77. The second kappa shape index (κ2) is 5.03. The molecular formula is C13H20ClN. The molecule has 0 spiro atoms. The first kappa shape index (κ1) is 12.6. The zero-order valence-electron chi connectivity index (χ0n) is 9.94. The highest BCUT2D eigenvalue weighted by Crippen LogP contribution is 2.51. The molecule has 1 nitrogen and oxygen atoms in total. The zero-order valence-corrected chi connectivity index (χ0v) is 10.7. The fraction of sp³-hybridized carbons (Fsp3) is 0.769. The Labute approximate surface area is 98.1 Å². The Morgan fingerprint density at radius 1 is 1.40 bits per heavy atom. The fourth-order valence-electron chi connectivity index (χ4n) is 2.79. The maximum Gasteiger partial charge on any atom is 0.0956 e. The van der Waals surface area contributed by atoms with E-state index in [9.17, 15) is 0 Å². The number of rotatable bonds is 3.